The lowest BCUT2D eigenvalue weighted by Gasteiger charge is -2.05. The van der Waals surface area contributed by atoms with Crippen molar-refractivity contribution in [3.8, 4) is 5.75 Å². The number of phenols is 1. The molecule has 0 aliphatic rings. The first kappa shape index (κ1) is 10.3. The van der Waals surface area contributed by atoms with Crippen LogP contribution in [0.25, 0.3) is 0 Å². The zero-order valence-corrected chi connectivity index (χ0v) is 8.78. The molecule has 0 aliphatic carbocycles. The minimum absolute atomic E-state index is 0.0559. The van der Waals surface area contributed by atoms with E-state index in [1.165, 1.54) is 12.1 Å². The maximum Gasteiger partial charge on any atom is 0.179 e. The first-order chi connectivity index (χ1) is 5.82. The number of hydrogen-bond acceptors (Lipinski definition) is 3. The van der Waals surface area contributed by atoms with E-state index in [9.17, 15) is 13.5 Å². The van der Waals surface area contributed by atoms with Crippen molar-refractivity contribution in [3.63, 3.8) is 0 Å². The van der Waals surface area contributed by atoms with Crippen LogP contribution in [-0.4, -0.2) is 19.8 Å². The molecule has 5 heteroatoms. The van der Waals surface area contributed by atoms with E-state index in [-0.39, 0.29) is 15.7 Å². The summed E-state index contributed by atoms with van der Waals surface area (Å²) in [5.41, 5.74) is 0.697. The lowest BCUT2D eigenvalue weighted by molar-refractivity contribution is 0.459. The van der Waals surface area contributed by atoms with E-state index in [1.54, 1.807) is 6.92 Å². The Kier molecular flexibility index (Phi) is 2.54. The highest BCUT2D eigenvalue weighted by Gasteiger charge is 2.15. The third-order valence-corrected chi connectivity index (χ3v) is 2.97. The molecule has 1 aromatic carbocycles. The Labute approximate surface area is 81.9 Å². The maximum atomic E-state index is 11.1. The average Bonchev–Trinajstić information content (AvgIpc) is 1.94. The summed E-state index contributed by atoms with van der Waals surface area (Å²) < 4.78 is 22.3. The topological polar surface area (TPSA) is 54.4 Å². The maximum absolute atomic E-state index is 11.1. The Morgan fingerprint density at radius 3 is 2.38 bits per heavy atom. The van der Waals surface area contributed by atoms with Gasteiger partial charge in [0.15, 0.2) is 15.6 Å². The van der Waals surface area contributed by atoms with Gasteiger partial charge in [0, 0.05) is 6.26 Å². The molecule has 0 aromatic heterocycles. The van der Waals surface area contributed by atoms with Crippen molar-refractivity contribution in [1.82, 2.24) is 0 Å². The smallest absolute Gasteiger partial charge is 0.179 e. The summed E-state index contributed by atoms with van der Waals surface area (Å²) in [6.07, 6.45) is 1.03. The van der Waals surface area contributed by atoms with Crippen LogP contribution in [0.15, 0.2) is 17.0 Å². The molecular formula is C8H9ClO3S. The average molecular weight is 221 g/mol. The van der Waals surface area contributed by atoms with E-state index in [4.69, 9.17) is 11.6 Å². The molecule has 1 rings (SSSR count). The zero-order valence-electron chi connectivity index (χ0n) is 7.20. The molecule has 3 nitrogen and oxygen atoms in total. The summed E-state index contributed by atoms with van der Waals surface area (Å²) in [7, 11) is -3.41. The predicted molar refractivity (Wildman–Crippen MR) is 51.0 cm³/mol. The minimum atomic E-state index is -3.41. The van der Waals surface area contributed by atoms with E-state index >= 15 is 0 Å². The largest absolute Gasteiger partial charge is 0.505 e. The van der Waals surface area contributed by atoms with Crippen LogP contribution in [0, 0.1) is 6.92 Å². The monoisotopic (exact) mass is 220 g/mol. The Morgan fingerprint density at radius 2 is 1.92 bits per heavy atom. The molecule has 0 saturated heterocycles. The second kappa shape index (κ2) is 3.20. The van der Waals surface area contributed by atoms with E-state index in [2.05, 4.69) is 0 Å². The van der Waals surface area contributed by atoms with Crippen molar-refractivity contribution < 1.29 is 13.5 Å². The van der Waals surface area contributed by atoms with Crippen LogP contribution >= 0.6 is 11.6 Å². The molecule has 13 heavy (non-hydrogen) atoms. The highest BCUT2D eigenvalue weighted by Crippen LogP contribution is 2.31. The van der Waals surface area contributed by atoms with Crippen LogP contribution in [0.4, 0.5) is 0 Å². The quantitative estimate of drug-likeness (QED) is 0.785. The van der Waals surface area contributed by atoms with Gasteiger partial charge in [0.1, 0.15) is 4.90 Å². The Hall–Kier alpha value is -0.740. The van der Waals surface area contributed by atoms with Crippen LogP contribution in [-0.2, 0) is 9.84 Å². The van der Waals surface area contributed by atoms with Gasteiger partial charge < -0.3 is 5.11 Å². The van der Waals surface area contributed by atoms with E-state index in [0.717, 1.165) is 6.26 Å². The van der Waals surface area contributed by atoms with Crippen molar-refractivity contribution in [2.45, 2.75) is 11.8 Å². The summed E-state index contributed by atoms with van der Waals surface area (Å²) in [5.74, 6) is -0.380. The van der Waals surface area contributed by atoms with Gasteiger partial charge in [-0.15, -0.1) is 0 Å². The number of sulfone groups is 1. The molecule has 0 amide bonds. The van der Waals surface area contributed by atoms with Gasteiger partial charge in [-0.3, -0.25) is 0 Å². The first-order valence-electron chi connectivity index (χ1n) is 3.51. The van der Waals surface area contributed by atoms with Gasteiger partial charge in [0.05, 0.1) is 5.02 Å². The second-order valence-corrected chi connectivity index (χ2v) is 5.26. The highest BCUT2D eigenvalue weighted by atomic mass is 35.5. The number of aryl methyl sites for hydroxylation is 1. The van der Waals surface area contributed by atoms with Gasteiger partial charge in [-0.25, -0.2) is 8.42 Å². The molecule has 72 valence electrons. The number of halogens is 1. The summed E-state index contributed by atoms with van der Waals surface area (Å²) in [4.78, 5) is -0.127. The van der Waals surface area contributed by atoms with Crippen molar-refractivity contribution >= 4 is 21.4 Å². The predicted octanol–water partition coefficient (Wildman–Crippen LogP) is 1.76. The van der Waals surface area contributed by atoms with Crippen LogP contribution in [0.3, 0.4) is 0 Å². The summed E-state index contributed by atoms with van der Waals surface area (Å²) in [6.45, 7) is 1.71. The Morgan fingerprint density at radius 1 is 1.38 bits per heavy atom. The molecule has 0 unspecified atom stereocenters. The fourth-order valence-corrected chi connectivity index (χ4v) is 2.18. The summed E-state index contributed by atoms with van der Waals surface area (Å²) >= 11 is 5.61. The highest BCUT2D eigenvalue weighted by molar-refractivity contribution is 7.90. The molecule has 0 bridgehead atoms. The molecular weight excluding hydrogens is 212 g/mol. The molecule has 1 aromatic rings. The number of phenolic OH excluding ortho intramolecular Hbond substituents is 1. The number of aromatic hydroxyl groups is 1. The van der Waals surface area contributed by atoms with Gasteiger partial charge in [0.2, 0.25) is 0 Å². The second-order valence-electron chi connectivity index (χ2n) is 2.87. The molecule has 0 saturated carbocycles. The van der Waals surface area contributed by atoms with Crippen molar-refractivity contribution in [1.29, 1.82) is 0 Å². The van der Waals surface area contributed by atoms with Gasteiger partial charge in [-0.1, -0.05) is 11.6 Å². The Balaban J connectivity index is 3.56. The molecule has 0 heterocycles. The molecule has 0 atom stereocenters. The molecule has 0 aliphatic heterocycles. The number of benzene rings is 1. The van der Waals surface area contributed by atoms with E-state index < -0.39 is 9.84 Å². The van der Waals surface area contributed by atoms with Crippen LogP contribution in [0.2, 0.25) is 5.02 Å². The number of rotatable bonds is 1. The molecule has 1 N–H and O–H groups in total. The van der Waals surface area contributed by atoms with Crippen LogP contribution in [0.1, 0.15) is 5.56 Å². The third-order valence-electron chi connectivity index (χ3n) is 1.57. The molecule has 0 radical (unpaired) electrons. The van der Waals surface area contributed by atoms with Crippen molar-refractivity contribution in [2.24, 2.45) is 0 Å². The number of hydrogen-bond donors (Lipinski definition) is 1. The van der Waals surface area contributed by atoms with Crippen molar-refractivity contribution in [3.05, 3.63) is 22.7 Å². The standard InChI is InChI=1S/C8H9ClO3S/c1-5-3-6(9)8(10)7(4-5)13(2,11)12/h3-4,10H,1-2H3. The minimum Gasteiger partial charge on any atom is -0.505 e. The van der Waals surface area contributed by atoms with Gasteiger partial charge in [0.25, 0.3) is 0 Å². The summed E-state index contributed by atoms with van der Waals surface area (Å²) in [6, 6.07) is 2.89. The summed E-state index contributed by atoms with van der Waals surface area (Å²) in [5, 5.41) is 9.40. The van der Waals surface area contributed by atoms with Gasteiger partial charge in [-0.05, 0) is 24.6 Å². The van der Waals surface area contributed by atoms with Gasteiger partial charge >= 0.3 is 0 Å². The van der Waals surface area contributed by atoms with Crippen LogP contribution in [0.5, 0.6) is 5.75 Å². The van der Waals surface area contributed by atoms with E-state index in [0.29, 0.717) is 5.56 Å². The van der Waals surface area contributed by atoms with E-state index in [1.807, 2.05) is 0 Å². The fraction of sp³-hybridized carbons (Fsp3) is 0.250. The lowest BCUT2D eigenvalue weighted by Crippen LogP contribution is -1.98. The third kappa shape index (κ3) is 2.14. The molecule has 0 spiro atoms. The molecule has 0 fully saturated rings. The fourth-order valence-electron chi connectivity index (χ4n) is 0.985. The lowest BCUT2D eigenvalue weighted by atomic mass is 10.2. The van der Waals surface area contributed by atoms with Gasteiger partial charge in [-0.2, -0.15) is 0 Å². The van der Waals surface area contributed by atoms with Crippen LogP contribution < -0.4 is 0 Å². The zero-order chi connectivity index (χ0) is 10.2. The Bertz CT molecular complexity index is 437. The normalized spacial score (nSPS) is 11.6. The SMILES string of the molecule is Cc1cc(Cl)c(O)c(S(C)(=O)=O)c1. The van der Waals surface area contributed by atoms with Crippen molar-refractivity contribution in [2.75, 3.05) is 6.26 Å². The first-order valence-corrected chi connectivity index (χ1v) is 5.78.